The normalized spacial score (nSPS) is 18.0. The minimum absolute atomic E-state index is 0.0000185. The molecule has 2 aliphatic rings. The molecule has 2 aliphatic heterocycles. The number of nitrogens with one attached hydrogen (secondary N) is 1. The first-order chi connectivity index (χ1) is 21.8. The van der Waals surface area contributed by atoms with Crippen molar-refractivity contribution in [3.05, 3.63) is 59.1 Å². The van der Waals surface area contributed by atoms with E-state index in [-0.39, 0.29) is 23.8 Å². The van der Waals surface area contributed by atoms with Crippen LogP contribution in [-0.2, 0) is 15.8 Å². The van der Waals surface area contributed by atoms with Crippen LogP contribution in [0, 0.1) is 24.1 Å². The van der Waals surface area contributed by atoms with Gasteiger partial charge in [0.15, 0.2) is 0 Å². The third-order valence-electron chi connectivity index (χ3n) is 8.15. The Hall–Kier alpha value is -4.22. The molecule has 248 valence electrons. The van der Waals surface area contributed by atoms with Gasteiger partial charge in [0.1, 0.15) is 29.3 Å². The third-order valence-corrected chi connectivity index (χ3v) is 8.15. The van der Waals surface area contributed by atoms with Crippen molar-refractivity contribution in [1.82, 2.24) is 19.7 Å². The molecule has 1 aromatic carbocycles. The number of hydrogen-bond acceptors (Lipinski definition) is 8. The summed E-state index contributed by atoms with van der Waals surface area (Å²) in [5.74, 6) is -1.21. The molecule has 0 bridgehead atoms. The Labute approximate surface area is 266 Å². The van der Waals surface area contributed by atoms with Gasteiger partial charge in [0.25, 0.3) is 0 Å². The summed E-state index contributed by atoms with van der Waals surface area (Å²) >= 11 is 0. The molecular formula is C32H40F4N8O2. The zero-order valence-electron chi connectivity index (χ0n) is 26.6. The van der Waals surface area contributed by atoms with Gasteiger partial charge in [-0.05, 0) is 64.7 Å². The summed E-state index contributed by atoms with van der Waals surface area (Å²) in [6, 6.07) is 5.56. The number of alkyl halides is 3. The number of amides is 2. The van der Waals surface area contributed by atoms with Gasteiger partial charge in [-0.15, -0.1) is 0 Å². The highest BCUT2D eigenvalue weighted by molar-refractivity contribution is 6.01. The SMILES string of the molecule is Cc1cc(C(F)(F)F)c(C#N)c(NC2CCN(CCCN3CCN(C(=O)C=CCN(C)C)CC3)c3cc(F)ccc3N(C)C2=O)n1. The highest BCUT2D eigenvalue weighted by Crippen LogP contribution is 2.36. The van der Waals surface area contributed by atoms with Crippen LogP contribution in [0.5, 0.6) is 0 Å². The van der Waals surface area contributed by atoms with E-state index in [2.05, 4.69) is 15.2 Å². The fourth-order valence-electron chi connectivity index (χ4n) is 5.71. The molecule has 4 rings (SSSR count). The standard InChI is InChI=1S/C32H40F4N8O2/c1-22-19-25(32(34,35)36)24(21-37)30(38-22)39-26-10-14-43(28-20-23(33)8-9-27(28)41(4)31(26)46)13-6-12-42-15-17-44(18-16-42)29(45)7-5-11-40(2)3/h5,7-9,19-20,26H,6,10-18H2,1-4H3,(H,38,39). The third kappa shape index (κ3) is 8.52. The van der Waals surface area contributed by atoms with Crippen molar-refractivity contribution in [1.29, 1.82) is 5.26 Å². The Kier molecular flexibility index (Phi) is 11.2. The van der Waals surface area contributed by atoms with Crippen LogP contribution in [0.2, 0.25) is 0 Å². The molecule has 1 N–H and O–H groups in total. The summed E-state index contributed by atoms with van der Waals surface area (Å²) < 4.78 is 55.6. The first-order valence-electron chi connectivity index (χ1n) is 15.2. The average Bonchev–Trinajstić information content (AvgIpc) is 3.00. The zero-order valence-corrected chi connectivity index (χ0v) is 26.6. The van der Waals surface area contributed by atoms with Crippen LogP contribution in [0.3, 0.4) is 0 Å². The van der Waals surface area contributed by atoms with Crippen molar-refractivity contribution in [2.75, 3.05) is 88.6 Å². The van der Waals surface area contributed by atoms with Gasteiger partial charge in [0.05, 0.1) is 16.9 Å². The Morgan fingerprint density at radius 1 is 1.13 bits per heavy atom. The van der Waals surface area contributed by atoms with Crippen LogP contribution in [-0.4, -0.2) is 111 Å². The summed E-state index contributed by atoms with van der Waals surface area (Å²) in [7, 11) is 5.41. The number of hydrogen-bond donors (Lipinski definition) is 1. The Morgan fingerprint density at radius 3 is 2.50 bits per heavy atom. The molecule has 1 saturated heterocycles. The number of aryl methyl sites for hydroxylation is 1. The quantitative estimate of drug-likeness (QED) is 0.326. The van der Waals surface area contributed by atoms with Crippen LogP contribution >= 0.6 is 0 Å². The van der Waals surface area contributed by atoms with Crippen molar-refractivity contribution in [2.45, 2.75) is 32.0 Å². The van der Waals surface area contributed by atoms with E-state index in [1.54, 1.807) is 12.1 Å². The Balaban J connectivity index is 1.46. The Bertz CT molecular complexity index is 1480. The molecule has 10 nitrogen and oxygen atoms in total. The van der Waals surface area contributed by atoms with Crippen molar-refractivity contribution in [3.8, 4) is 6.07 Å². The summed E-state index contributed by atoms with van der Waals surface area (Å²) in [6.07, 6.45) is -0.423. The van der Waals surface area contributed by atoms with Crippen molar-refractivity contribution in [3.63, 3.8) is 0 Å². The lowest BCUT2D eigenvalue weighted by molar-refractivity contribution is -0.137. The molecule has 2 amide bonds. The number of halogens is 4. The summed E-state index contributed by atoms with van der Waals surface area (Å²) in [6.45, 7) is 6.36. The van der Waals surface area contributed by atoms with Gasteiger partial charge in [0.2, 0.25) is 11.8 Å². The van der Waals surface area contributed by atoms with Crippen LogP contribution in [0.4, 0.5) is 34.8 Å². The largest absolute Gasteiger partial charge is 0.417 e. The highest BCUT2D eigenvalue weighted by atomic mass is 19.4. The summed E-state index contributed by atoms with van der Waals surface area (Å²) in [4.78, 5) is 39.6. The molecular weight excluding hydrogens is 604 g/mol. The second kappa shape index (κ2) is 14.9. The van der Waals surface area contributed by atoms with Gasteiger partial charge in [0, 0.05) is 64.6 Å². The van der Waals surface area contributed by atoms with Crippen LogP contribution in [0.1, 0.15) is 29.7 Å². The topological polar surface area (TPSA) is 99.0 Å². The molecule has 3 heterocycles. The molecule has 1 unspecified atom stereocenters. The fraction of sp³-hybridized carbons (Fsp3) is 0.500. The van der Waals surface area contributed by atoms with E-state index >= 15 is 0 Å². The van der Waals surface area contributed by atoms with E-state index in [0.717, 1.165) is 32.1 Å². The molecule has 1 atom stereocenters. The van der Waals surface area contributed by atoms with Gasteiger partial charge in [-0.1, -0.05) is 6.08 Å². The van der Waals surface area contributed by atoms with Crippen LogP contribution in [0.15, 0.2) is 36.4 Å². The number of benzene rings is 1. The lowest BCUT2D eigenvalue weighted by atomic mass is 10.0. The number of rotatable bonds is 9. The molecule has 0 spiro atoms. The monoisotopic (exact) mass is 644 g/mol. The first-order valence-corrected chi connectivity index (χ1v) is 15.2. The minimum Gasteiger partial charge on any atom is -0.370 e. The molecule has 0 saturated carbocycles. The van der Waals surface area contributed by atoms with E-state index in [0.29, 0.717) is 44.1 Å². The van der Waals surface area contributed by atoms with E-state index in [4.69, 9.17) is 0 Å². The number of aromatic nitrogens is 1. The second-order valence-corrected chi connectivity index (χ2v) is 11.8. The Morgan fingerprint density at radius 2 is 1.85 bits per heavy atom. The number of carbonyl (C=O) groups is 2. The van der Waals surface area contributed by atoms with Gasteiger partial charge >= 0.3 is 6.18 Å². The number of likely N-dealkylation sites (N-methyl/N-ethyl adjacent to an activating group) is 2. The maximum absolute atomic E-state index is 14.5. The van der Waals surface area contributed by atoms with Crippen molar-refractivity contribution in [2.24, 2.45) is 0 Å². The van der Waals surface area contributed by atoms with Gasteiger partial charge < -0.3 is 24.9 Å². The molecule has 1 aromatic heterocycles. The number of carbonyl (C=O) groups excluding carboxylic acids is 2. The summed E-state index contributed by atoms with van der Waals surface area (Å²) in [5, 5.41) is 12.4. The van der Waals surface area contributed by atoms with Crippen LogP contribution in [0.25, 0.3) is 0 Å². The predicted octanol–water partition coefficient (Wildman–Crippen LogP) is 3.73. The number of pyridine rings is 1. The number of piperazine rings is 1. The minimum atomic E-state index is -4.78. The first kappa shape index (κ1) is 34.6. The average molecular weight is 645 g/mol. The molecule has 0 aliphatic carbocycles. The zero-order chi connectivity index (χ0) is 33.6. The van der Waals surface area contributed by atoms with Gasteiger partial charge in [-0.25, -0.2) is 9.37 Å². The lowest BCUT2D eigenvalue weighted by Crippen LogP contribution is -2.49. The van der Waals surface area contributed by atoms with E-state index < -0.39 is 35.1 Å². The number of nitrogens with zero attached hydrogens (tertiary/aromatic N) is 7. The van der Waals surface area contributed by atoms with E-state index in [1.165, 1.54) is 37.1 Å². The maximum atomic E-state index is 14.5. The molecule has 2 aromatic rings. The number of fused-ring (bicyclic) bond motifs is 1. The molecule has 46 heavy (non-hydrogen) atoms. The van der Waals surface area contributed by atoms with Crippen molar-refractivity contribution < 1.29 is 27.2 Å². The lowest BCUT2D eigenvalue weighted by Gasteiger charge is -2.37. The smallest absolute Gasteiger partial charge is 0.370 e. The predicted molar refractivity (Wildman–Crippen MR) is 168 cm³/mol. The van der Waals surface area contributed by atoms with E-state index in [1.807, 2.05) is 34.9 Å². The second-order valence-electron chi connectivity index (χ2n) is 11.8. The van der Waals surface area contributed by atoms with E-state index in [9.17, 15) is 32.4 Å². The van der Waals surface area contributed by atoms with Crippen molar-refractivity contribution >= 4 is 29.0 Å². The summed E-state index contributed by atoms with van der Waals surface area (Å²) in [5.41, 5.74) is -0.749. The fourth-order valence-corrected chi connectivity index (χ4v) is 5.71. The number of nitriles is 1. The molecule has 1 fully saturated rings. The van der Waals surface area contributed by atoms with Gasteiger partial charge in [-0.3, -0.25) is 14.5 Å². The molecule has 0 radical (unpaired) electrons. The maximum Gasteiger partial charge on any atom is 0.417 e. The number of anilines is 3. The molecule has 14 heteroatoms. The highest BCUT2D eigenvalue weighted by Gasteiger charge is 2.37. The van der Waals surface area contributed by atoms with Crippen LogP contribution < -0.4 is 15.1 Å². The van der Waals surface area contributed by atoms with Gasteiger partial charge in [-0.2, -0.15) is 18.4 Å².